The van der Waals surface area contributed by atoms with Gasteiger partial charge in [0.25, 0.3) is 5.91 Å². The number of amides is 3. The highest BCUT2D eigenvalue weighted by atomic mass is 79.9. The first-order chi connectivity index (χ1) is 20.8. The normalized spacial score (nSPS) is 19.4. The van der Waals surface area contributed by atoms with Gasteiger partial charge in [0.2, 0.25) is 5.91 Å². The monoisotopic (exact) mass is 668 g/mol. The van der Waals surface area contributed by atoms with Crippen LogP contribution < -0.4 is 9.64 Å². The van der Waals surface area contributed by atoms with Crippen molar-refractivity contribution in [1.82, 2.24) is 14.7 Å². The fourth-order valence-electron chi connectivity index (χ4n) is 6.26. The number of anilines is 1. The summed E-state index contributed by atoms with van der Waals surface area (Å²) in [6.45, 7) is 13.7. The molecule has 0 spiro atoms. The van der Waals surface area contributed by atoms with E-state index in [0.717, 1.165) is 42.5 Å². The van der Waals surface area contributed by atoms with Crippen LogP contribution in [0.4, 0.5) is 10.5 Å². The van der Waals surface area contributed by atoms with E-state index in [1.807, 2.05) is 56.0 Å². The molecule has 2 fully saturated rings. The number of fused-ring (bicyclic) bond motifs is 1. The summed E-state index contributed by atoms with van der Waals surface area (Å²) in [5.74, 6) is 0.670. The van der Waals surface area contributed by atoms with Crippen LogP contribution in [0, 0.1) is 5.92 Å². The fourth-order valence-corrected chi connectivity index (χ4v) is 6.67. The highest BCUT2D eigenvalue weighted by Crippen LogP contribution is 2.31. The molecule has 3 aliphatic heterocycles. The van der Waals surface area contributed by atoms with Crippen LogP contribution in [-0.2, 0) is 27.3 Å². The SMILES string of the molecule is CC(C)(C)OC(=O)N1CCN(C(=O)C(C)(C)Oc2cccc(N3CCC[C@@H](C(=O)N4CCc5cc(Br)ccc5C4)C3)c2)CC1. The standard InChI is InChI=1S/C34H45BrN4O5/c1-33(2,3)44-32(42)37-18-16-36(17-19-37)31(41)34(4,5)43-29-10-6-9-28(21-29)38-14-7-8-26(23-38)30(40)39-15-13-24-20-27(35)12-11-25(24)22-39/h6,9-12,20-21,26H,7-8,13-19,22-23H2,1-5H3/t26-/m1/s1. The Hall–Kier alpha value is -3.27. The summed E-state index contributed by atoms with van der Waals surface area (Å²) in [5.41, 5.74) is 1.88. The van der Waals surface area contributed by atoms with Crippen molar-refractivity contribution in [2.24, 2.45) is 5.92 Å². The van der Waals surface area contributed by atoms with E-state index in [4.69, 9.17) is 9.47 Å². The van der Waals surface area contributed by atoms with Gasteiger partial charge < -0.3 is 29.1 Å². The zero-order valence-electron chi connectivity index (χ0n) is 26.6. The number of hydrogen-bond donors (Lipinski definition) is 0. The third-order valence-corrected chi connectivity index (χ3v) is 9.05. The Morgan fingerprint density at radius 2 is 1.57 bits per heavy atom. The maximum Gasteiger partial charge on any atom is 0.410 e. The van der Waals surface area contributed by atoms with Gasteiger partial charge in [-0.1, -0.05) is 28.1 Å². The van der Waals surface area contributed by atoms with E-state index >= 15 is 0 Å². The number of nitrogens with zero attached hydrogens (tertiary/aromatic N) is 4. The van der Waals surface area contributed by atoms with Crippen molar-refractivity contribution in [1.29, 1.82) is 0 Å². The number of carbonyl (C=O) groups is 3. The number of piperidine rings is 1. The van der Waals surface area contributed by atoms with Crippen molar-refractivity contribution < 1.29 is 23.9 Å². The quantitative estimate of drug-likeness (QED) is 0.419. The van der Waals surface area contributed by atoms with Gasteiger partial charge in [-0.05, 0) is 89.3 Å². The summed E-state index contributed by atoms with van der Waals surface area (Å²) in [6.07, 6.45) is 2.36. The van der Waals surface area contributed by atoms with Gasteiger partial charge in [0.1, 0.15) is 11.4 Å². The van der Waals surface area contributed by atoms with Crippen molar-refractivity contribution in [3.05, 3.63) is 58.1 Å². The van der Waals surface area contributed by atoms with E-state index in [1.54, 1.807) is 23.6 Å². The van der Waals surface area contributed by atoms with Gasteiger partial charge in [-0.25, -0.2) is 4.79 Å². The molecule has 10 heteroatoms. The first-order valence-corrected chi connectivity index (χ1v) is 16.5. The molecule has 0 radical (unpaired) electrons. The van der Waals surface area contributed by atoms with Gasteiger partial charge in [-0.2, -0.15) is 0 Å². The number of carbonyl (C=O) groups excluding carboxylic acids is 3. The van der Waals surface area contributed by atoms with Gasteiger partial charge in [-0.15, -0.1) is 0 Å². The maximum absolute atomic E-state index is 13.6. The van der Waals surface area contributed by atoms with E-state index in [1.165, 1.54) is 11.1 Å². The topological polar surface area (TPSA) is 82.6 Å². The molecule has 3 aliphatic rings. The summed E-state index contributed by atoms with van der Waals surface area (Å²) in [6, 6.07) is 14.2. The van der Waals surface area contributed by atoms with E-state index in [2.05, 4.69) is 33.0 Å². The molecule has 0 saturated carbocycles. The van der Waals surface area contributed by atoms with Gasteiger partial charge >= 0.3 is 6.09 Å². The molecule has 5 rings (SSSR count). The number of rotatable bonds is 5. The lowest BCUT2D eigenvalue weighted by atomic mass is 9.93. The lowest BCUT2D eigenvalue weighted by Gasteiger charge is -2.39. The molecule has 9 nitrogen and oxygen atoms in total. The first kappa shape index (κ1) is 32.1. The van der Waals surface area contributed by atoms with Crippen LogP contribution in [0.1, 0.15) is 58.6 Å². The molecule has 0 aromatic heterocycles. The Balaban J connectivity index is 1.17. The molecule has 0 unspecified atom stereocenters. The minimum Gasteiger partial charge on any atom is -0.478 e. The lowest BCUT2D eigenvalue weighted by Crippen LogP contribution is -2.57. The predicted molar refractivity (Wildman–Crippen MR) is 174 cm³/mol. The largest absolute Gasteiger partial charge is 0.478 e. The van der Waals surface area contributed by atoms with Gasteiger partial charge in [0.15, 0.2) is 5.60 Å². The van der Waals surface area contributed by atoms with Crippen LogP contribution in [0.5, 0.6) is 5.75 Å². The molecule has 3 amide bonds. The van der Waals surface area contributed by atoms with Crippen molar-refractivity contribution in [3.63, 3.8) is 0 Å². The molecule has 2 aromatic rings. The fraction of sp³-hybridized carbons (Fsp3) is 0.559. The Morgan fingerprint density at radius 3 is 2.30 bits per heavy atom. The molecule has 0 N–H and O–H groups in total. The Morgan fingerprint density at radius 1 is 0.841 bits per heavy atom. The Kier molecular flexibility index (Phi) is 9.49. The summed E-state index contributed by atoms with van der Waals surface area (Å²) < 4.78 is 12.9. The molecule has 0 aliphatic carbocycles. The van der Waals surface area contributed by atoms with Crippen LogP contribution in [-0.4, -0.2) is 89.6 Å². The molecular formula is C34H45BrN4O5. The maximum atomic E-state index is 13.6. The molecular weight excluding hydrogens is 624 g/mol. The van der Waals surface area contributed by atoms with Crippen molar-refractivity contribution >= 4 is 39.5 Å². The molecule has 2 aromatic carbocycles. The number of halogens is 1. The molecule has 238 valence electrons. The summed E-state index contributed by atoms with van der Waals surface area (Å²) >= 11 is 3.56. The van der Waals surface area contributed by atoms with Crippen LogP contribution in [0.25, 0.3) is 0 Å². The molecule has 3 heterocycles. The summed E-state index contributed by atoms with van der Waals surface area (Å²) in [7, 11) is 0. The average molecular weight is 670 g/mol. The van der Waals surface area contributed by atoms with Crippen LogP contribution in [0.2, 0.25) is 0 Å². The second-order valence-electron chi connectivity index (χ2n) is 13.6. The second-order valence-corrected chi connectivity index (χ2v) is 14.5. The smallest absolute Gasteiger partial charge is 0.410 e. The number of piperazine rings is 1. The van der Waals surface area contributed by atoms with E-state index in [9.17, 15) is 14.4 Å². The first-order valence-electron chi connectivity index (χ1n) is 15.7. The van der Waals surface area contributed by atoms with Crippen LogP contribution >= 0.6 is 15.9 Å². The summed E-state index contributed by atoms with van der Waals surface area (Å²) in [5, 5.41) is 0. The van der Waals surface area contributed by atoms with E-state index in [0.29, 0.717) is 45.0 Å². The van der Waals surface area contributed by atoms with Gasteiger partial charge in [0.05, 0.1) is 5.92 Å². The third-order valence-electron chi connectivity index (χ3n) is 8.55. The average Bonchev–Trinajstić information content (AvgIpc) is 2.99. The predicted octanol–water partition coefficient (Wildman–Crippen LogP) is 5.49. The third kappa shape index (κ3) is 7.68. The molecule has 0 bridgehead atoms. The minimum absolute atomic E-state index is 0.0531. The van der Waals surface area contributed by atoms with Crippen LogP contribution in [0.3, 0.4) is 0 Å². The zero-order valence-corrected chi connectivity index (χ0v) is 28.2. The number of ether oxygens (including phenoxy) is 2. The van der Waals surface area contributed by atoms with Crippen molar-refractivity contribution in [3.8, 4) is 5.75 Å². The second kappa shape index (κ2) is 13.0. The molecule has 1 atom stereocenters. The summed E-state index contributed by atoms with van der Waals surface area (Å²) in [4.78, 5) is 47.2. The van der Waals surface area contributed by atoms with Gasteiger partial charge in [0, 0.05) is 68.6 Å². The van der Waals surface area contributed by atoms with E-state index in [-0.39, 0.29) is 23.8 Å². The van der Waals surface area contributed by atoms with Crippen molar-refractivity contribution in [2.45, 2.75) is 71.6 Å². The Labute approximate surface area is 269 Å². The van der Waals surface area contributed by atoms with Crippen LogP contribution in [0.15, 0.2) is 46.9 Å². The number of benzene rings is 2. The van der Waals surface area contributed by atoms with Crippen molar-refractivity contribution in [2.75, 3.05) is 50.7 Å². The zero-order chi connectivity index (χ0) is 31.6. The lowest BCUT2D eigenvalue weighted by molar-refractivity contribution is -0.147. The van der Waals surface area contributed by atoms with E-state index < -0.39 is 11.2 Å². The van der Waals surface area contributed by atoms with Gasteiger partial charge in [-0.3, -0.25) is 9.59 Å². The molecule has 2 saturated heterocycles. The highest BCUT2D eigenvalue weighted by Gasteiger charge is 2.37. The number of hydrogen-bond acceptors (Lipinski definition) is 6. The Bertz CT molecular complexity index is 1380. The highest BCUT2D eigenvalue weighted by molar-refractivity contribution is 9.10. The minimum atomic E-state index is -1.09. The molecule has 44 heavy (non-hydrogen) atoms.